The maximum Gasteiger partial charge on any atom is 0.197 e. The minimum absolute atomic E-state index is 0.0985. The van der Waals surface area contributed by atoms with Gasteiger partial charge in [0.2, 0.25) is 0 Å². The quantitative estimate of drug-likeness (QED) is 0.326. The van der Waals surface area contributed by atoms with Gasteiger partial charge in [-0.3, -0.25) is 9.78 Å². The van der Waals surface area contributed by atoms with Gasteiger partial charge in [-0.1, -0.05) is 30.3 Å². The Labute approximate surface area is 158 Å². The SMILES string of the molecule is N#C/C=C1/C(=C2\c3ccccc3-c3ncccc32)C(=O)c2c(F)cc(F)cc21. The van der Waals surface area contributed by atoms with Crippen LogP contribution in [0.3, 0.4) is 0 Å². The third-order valence-corrected chi connectivity index (χ3v) is 5.06. The molecule has 28 heavy (non-hydrogen) atoms. The highest BCUT2D eigenvalue weighted by atomic mass is 19.1. The van der Waals surface area contributed by atoms with E-state index in [2.05, 4.69) is 4.98 Å². The number of aromatic nitrogens is 1. The molecular formula is C23H10F2N2O. The fourth-order valence-corrected chi connectivity index (χ4v) is 4.01. The molecule has 0 unspecified atom stereocenters. The molecule has 5 heteroatoms. The monoisotopic (exact) mass is 368 g/mol. The van der Waals surface area contributed by atoms with Crippen LogP contribution in [-0.4, -0.2) is 10.8 Å². The van der Waals surface area contributed by atoms with Crippen LogP contribution in [0, 0.1) is 23.0 Å². The third-order valence-electron chi connectivity index (χ3n) is 5.06. The average molecular weight is 368 g/mol. The van der Waals surface area contributed by atoms with Crippen LogP contribution >= 0.6 is 0 Å². The number of hydrogen-bond acceptors (Lipinski definition) is 3. The molecule has 0 N–H and O–H groups in total. The minimum Gasteiger partial charge on any atom is -0.288 e. The molecule has 2 aliphatic rings. The van der Waals surface area contributed by atoms with E-state index in [0.29, 0.717) is 17.3 Å². The highest BCUT2D eigenvalue weighted by Gasteiger charge is 2.38. The topological polar surface area (TPSA) is 53.8 Å². The van der Waals surface area contributed by atoms with Gasteiger partial charge < -0.3 is 0 Å². The van der Waals surface area contributed by atoms with E-state index in [9.17, 15) is 18.8 Å². The zero-order valence-electron chi connectivity index (χ0n) is 14.3. The fraction of sp³-hybridized carbons (Fsp3) is 0. The summed E-state index contributed by atoms with van der Waals surface area (Å²) in [5.74, 6) is -2.29. The van der Waals surface area contributed by atoms with Crippen molar-refractivity contribution >= 4 is 16.9 Å². The lowest BCUT2D eigenvalue weighted by atomic mass is 9.93. The third kappa shape index (κ3) is 2.06. The van der Waals surface area contributed by atoms with Gasteiger partial charge in [0.1, 0.15) is 11.6 Å². The summed E-state index contributed by atoms with van der Waals surface area (Å²) in [6, 6.07) is 14.7. The van der Waals surface area contributed by atoms with Gasteiger partial charge in [-0.15, -0.1) is 0 Å². The van der Waals surface area contributed by atoms with E-state index in [1.807, 2.05) is 36.4 Å². The standard InChI is InChI=1S/C23H10F2N2O/c24-12-10-17-14(7-8-26)21(23(28)20(17)18(25)11-12)19-13-4-1-2-5-15(13)22-16(19)6-3-9-27-22/h1-7,9-11H/b14-7+,21-19-. The van der Waals surface area contributed by atoms with Gasteiger partial charge in [-0.05, 0) is 17.7 Å². The summed E-state index contributed by atoms with van der Waals surface area (Å²) in [5, 5.41) is 9.27. The Morgan fingerprint density at radius 1 is 0.929 bits per heavy atom. The number of rotatable bonds is 0. The molecule has 0 radical (unpaired) electrons. The maximum atomic E-state index is 14.5. The van der Waals surface area contributed by atoms with E-state index in [1.165, 1.54) is 6.08 Å². The van der Waals surface area contributed by atoms with Gasteiger partial charge in [0, 0.05) is 51.7 Å². The number of nitrogens with zero attached hydrogens (tertiary/aromatic N) is 2. The number of carbonyl (C=O) groups is 1. The van der Waals surface area contributed by atoms with Gasteiger partial charge >= 0.3 is 0 Å². The highest BCUT2D eigenvalue weighted by molar-refractivity contribution is 6.32. The molecule has 0 atom stereocenters. The molecule has 0 saturated heterocycles. The van der Waals surface area contributed by atoms with Crippen LogP contribution in [0.2, 0.25) is 0 Å². The Bertz CT molecular complexity index is 1260. The molecule has 0 amide bonds. The first-order valence-electron chi connectivity index (χ1n) is 8.55. The van der Waals surface area contributed by atoms with E-state index in [0.717, 1.165) is 22.8 Å². The first-order valence-corrected chi connectivity index (χ1v) is 8.55. The summed E-state index contributed by atoms with van der Waals surface area (Å²) in [6.45, 7) is 0. The number of fused-ring (bicyclic) bond motifs is 4. The fourth-order valence-electron chi connectivity index (χ4n) is 4.01. The van der Waals surface area contributed by atoms with Gasteiger partial charge in [0.05, 0.1) is 17.3 Å². The lowest BCUT2D eigenvalue weighted by molar-refractivity contribution is 0.104. The van der Waals surface area contributed by atoms with Crippen molar-refractivity contribution in [3.8, 4) is 17.3 Å². The summed E-state index contributed by atoms with van der Waals surface area (Å²) >= 11 is 0. The molecule has 0 fully saturated rings. The number of pyridine rings is 1. The Morgan fingerprint density at radius 3 is 2.46 bits per heavy atom. The van der Waals surface area contributed by atoms with E-state index in [1.54, 1.807) is 12.3 Å². The smallest absolute Gasteiger partial charge is 0.197 e. The Balaban J connectivity index is 1.93. The summed E-state index contributed by atoms with van der Waals surface area (Å²) in [4.78, 5) is 17.7. The van der Waals surface area contributed by atoms with Gasteiger partial charge in [-0.2, -0.15) is 5.26 Å². The molecule has 1 heterocycles. The average Bonchev–Trinajstić information content (AvgIpc) is 3.15. The zero-order chi connectivity index (χ0) is 19.4. The lowest BCUT2D eigenvalue weighted by Gasteiger charge is -2.08. The molecule has 2 aliphatic carbocycles. The lowest BCUT2D eigenvalue weighted by Crippen LogP contribution is -2.02. The summed E-state index contributed by atoms with van der Waals surface area (Å²) in [6.07, 6.45) is 2.83. The Hall–Kier alpha value is -3.91. The summed E-state index contributed by atoms with van der Waals surface area (Å²) < 4.78 is 28.3. The Morgan fingerprint density at radius 2 is 1.68 bits per heavy atom. The number of Topliss-reactive ketones (excluding diaryl/α,β-unsaturated/α-hetero) is 1. The normalized spacial score (nSPS) is 18.0. The van der Waals surface area contributed by atoms with Crippen LogP contribution in [0.25, 0.3) is 22.4 Å². The van der Waals surface area contributed by atoms with Crippen molar-refractivity contribution in [3.05, 3.63) is 100 Å². The number of hydrogen-bond donors (Lipinski definition) is 0. The highest BCUT2D eigenvalue weighted by Crippen LogP contribution is 2.50. The van der Waals surface area contributed by atoms with Crippen molar-refractivity contribution in [1.29, 1.82) is 5.26 Å². The zero-order valence-corrected chi connectivity index (χ0v) is 14.3. The second-order valence-electron chi connectivity index (χ2n) is 6.52. The summed E-state index contributed by atoms with van der Waals surface area (Å²) in [5.41, 5.74) is 3.96. The first-order chi connectivity index (χ1) is 13.6. The number of halogens is 2. The van der Waals surface area contributed by atoms with Crippen molar-refractivity contribution in [2.45, 2.75) is 0 Å². The van der Waals surface area contributed by atoms with Crippen molar-refractivity contribution < 1.29 is 13.6 Å². The van der Waals surface area contributed by atoms with Crippen LogP contribution in [0.5, 0.6) is 0 Å². The van der Waals surface area contributed by atoms with Gasteiger partial charge in [-0.25, -0.2) is 8.78 Å². The van der Waals surface area contributed by atoms with E-state index < -0.39 is 17.4 Å². The molecule has 0 spiro atoms. The first kappa shape index (κ1) is 16.3. The number of ketones is 1. The van der Waals surface area contributed by atoms with Crippen molar-refractivity contribution in [2.75, 3.05) is 0 Å². The molecule has 1 aromatic heterocycles. The van der Waals surface area contributed by atoms with E-state index >= 15 is 0 Å². The predicted octanol–water partition coefficient (Wildman–Crippen LogP) is 4.95. The molecule has 3 nitrogen and oxygen atoms in total. The molecule has 0 aliphatic heterocycles. The van der Waals surface area contributed by atoms with Crippen LogP contribution < -0.4 is 0 Å². The molecular weight excluding hydrogens is 358 g/mol. The maximum absolute atomic E-state index is 14.5. The number of allylic oxidation sites excluding steroid dienone is 3. The van der Waals surface area contributed by atoms with Crippen molar-refractivity contribution in [3.63, 3.8) is 0 Å². The number of nitriles is 1. The van der Waals surface area contributed by atoms with E-state index in [-0.39, 0.29) is 22.3 Å². The molecule has 0 saturated carbocycles. The molecule has 3 aromatic rings. The summed E-state index contributed by atoms with van der Waals surface area (Å²) in [7, 11) is 0. The van der Waals surface area contributed by atoms with Crippen molar-refractivity contribution in [1.82, 2.24) is 4.98 Å². The van der Waals surface area contributed by atoms with Gasteiger partial charge in [0.25, 0.3) is 0 Å². The molecule has 132 valence electrons. The number of carbonyl (C=O) groups excluding carboxylic acids is 1. The van der Waals surface area contributed by atoms with Crippen LogP contribution in [-0.2, 0) is 0 Å². The second-order valence-corrected chi connectivity index (χ2v) is 6.52. The van der Waals surface area contributed by atoms with Crippen LogP contribution in [0.15, 0.2) is 66.4 Å². The largest absolute Gasteiger partial charge is 0.288 e. The van der Waals surface area contributed by atoms with Crippen molar-refractivity contribution in [2.24, 2.45) is 0 Å². The van der Waals surface area contributed by atoms with Crippen LogP contribution in [0.1, 0.15) is 27.0 Å². The Kier molecular flexibility index (Phi) is 3.37. The predicted molar refractivity (Wildman–Crippen MR) is 100.0 cm³/mol. The minimum atomic E-state index is -0.933. The molecule has 5 rings (SSSR count). The molecule has 2 aromatic carbocycles. The van der Waals surface area contributed by atoms with E-state index in [4.69, 9.17) is 0 Å². The molecule has 0 bridgehead atoms. The second kappa shape index (κ2) is 5.80. The van der Waals surface area contributed by atoms with Crippen LogP contribution in [0.4, 0.5) is 8.78 Å². The number of benzene rings is 2. The van der Waals surface area contributed by atoms with Gasteiger partial charge in [0.15, 0.2) is 5.78 Å².